The molecular weight excluding hydrogens is 407 g/mol. The zero-order chi connectivity index (χ0) is 17.1. The van der Waals surface area contributed by atoms with Gasteiger partial charge in [0.05, 0.1) is 12.2 Å². The highest BCUT2D eigenvalue weighted by Gasteiger charge is 2.37. The lowest BCUT2D eigenvalue weighted by Crippen LogP contribution is -2.43. The molecule has 0 unspecified atom stereocenters. The van der Waals surface area contributed by atoms with Crippen molar-refractivity contribution in [3.8, 4) is 0 Å². The van der Waals surface area contributed by atoms with Crippen molar-refractivity contribution in [3.63, 3.8) is 0 Å². The third-order valence-electron chi connectivity index (χ3n) is 4.30. The molecule has 0 fully saturated rings. The molecule has 22 heavy (non-hydrogen) atoms. The summed E-state index contributed by atoms with van der Waals surface area (Å²) in [5.74, 6) is -0.00849. The zero-order valence-electron chi connectivity index (χ0n) is 14.7. The van der Waals surface area contributed by atoms with Crippen LogP contribution >= 0.6 is 22.6 Å². The molecule has 1 aromatic rings. The summed E-state index contributed by atoms with van der Waals surface area (Å²) < 4.78 is 7.05. The van der Waals surface area contributed by atoms with E-state index in [1.165, 1.54) is 0 Å². The molecule has 0 saturated heterocycles. The molecule has 0 saturated carbocycles. The Kier molecular flexibility index (Phi) is 6.58. The summed E-state index contributed by atoms with van der Waals surface area (Å²) in [6.07, 6.45) is 1.64. The number of hydrogen-bond acceptors (Lipinski definition) is 3. The highest BCUT2D eigenvalue weighted by Crippen LogP contribution is 2.36. The van der Waals surface area contributed by atoms with Crippen molar-refractivity contribution in [2.24, 2.45) is 0 Å². The summed E-state index contributed by atoms with van der Waals surface area (Å²) in [7, 11) is 0.0567. The van der Waals surface area contributed by atoms with Gasteiger partial charge in [-0.1, -0.05) is 20.8 Å². The smallest absolute Gasteiger partial charge is 0.255 e. The van der Waals surface area contributed by atoms with E-state index in [0.717, 1.165) is 9.26 Å². The molecule has 0 aliphatic carbocycles. The Hall–Kier alpha value is -0.473. The average molecular weight is 434 g/mol. The molecule has 0 N–H and O–H groups in total. The summed E-state index contributed by atoms with van der Waals surface area (Å²) >= 11 is 2.17. The predicted octanol–water partition coefficient (Wildman–Crippen LogP) is 4.09. The van der Waals surface area contributed by atoms with E-state index in [1.807, 2.05) is 20.0 Å². The van der Waals surface area contributed by atoms with E-state index in [4.69, 9.17) is 4.43 Å². The second kappa shape index (κ2) is 7.40. The van der Waals surface area contributed by atoms with Gasteiger partial charge in [0.15, 0.2) is 8.32 Å². The normalized spacial score (nSPS) is 12.4. The number of carbonyl (C=O) groups excluding carboxylic acids is 1. The Balaban J connectivity index is 2.60. The monoisotopic (exact) mass is 434 g/mol. The number of rotatable bonds is 5. The van der Waals surface area contributed by atoms with Crippen molar-refractivity contribution < 1.29 is 9.22 Å². The van der Waals surface area contributed by atoms with Crippen LogP contribution in [-0.4, -0.2) is 44.3 Å². The topological polar surface area (TPSA) is 42.4 Å². The number of likely N-dealkylation sites (N-methyl/N-ethyl adjacent to an activating group) is 1. The van der Waals surface area contributed by atoms with Crippen molar-refractivity contribution in [2.45, 2.75) is 45.8 Å². The SMILES string of the molecule is Cc1cc(C(=O)N(C)CCO[Si](C)(C)C(C)(C)C)cnc1I. The molecule has 0 aromatic carbocycles. The van der Waals surface area contributed by atoms with Crippen LogP contribution in [0.1, 0.15) is 36.7 Å². The predicted molar refractivity (Wildman–Crippen MR) is 102 cm³/mol. The molecule has 0 bridgehead atoms. The van der Waals surface area contributed by atoms with E-state index in [9.17, 15) is 4.79 Å². The zero-order valence-corrected chi connectivity index (χ0v) is 17.8. The number of pyridine rings is 1. The Bertz CT molecular complexity index is 541. The van der Waals surface area contributed by atoms with E-state index in [1.54, 1.807) is 11.1 Å². The second-order valence-electron chi connectivity index (χ2n) is 7.17. The van der Waals surface area contributed by atoms with E-state index < -0.39 is 8.32 Å². The van der Waals surface area contributed by atoms with Crippen LogP contribution in [0.15, 0.2) is 12.3 Å². The van der Waals surface area contributed by atoms with Gasteiger partial charge in [-0.25, -0.2) is 4.98 Å². The highest BCUT2D eigenvalue weighted by atomic mass is 127. The number of amides is 1. The molecule has 1 aromatic heterocycles. The molecule has 4 nitrogen and oxygen atoms in total. The van der Waals surface area contributed by atoms with Crippen LogP contribution in [0, 0.1) is 10.6 Å². The minimum atomic E-state index is -1.75. The van der Waals surface area contributed by atoms with Gasteiger partial charge in [0.2, 0.25) is 0 Å². The number of hydrogen-bond donors (Lipinski definition) is 0. The molecular formula is C16H27IN2O2Si. The van der Waals surface area contributed by atoms with Gasteiger partial charge < -0.3 is 9.33 Å². The Morgan fingerprint density at radius 3 is 2.50 bits per heavy atom. The van der Waals surface area contributed by atoms with Crippen molar-refractivity contribution in [3.05, 3.63) is 27.1 Å². The lowest BCUT2D eigenvalue weighted by atomic mass is 10.2. The van der Waals surface area contributed by atoms with Gasteiger partial charge in [-0.05, 0) is 59.3 Å². The van der Waals surface area contributed by atoms with Crippen molar-refractivity contribution >= 4 is 36.8 Å². The molecule has 0 radical (unpaired) electrons. The van der Waals surface area contributed by atoms with Gasteiger partial charge >= 0.3 is 0 Å². The molecule has 0 aliphatic rings. The van der Waals surface area contributed by atoms with Crippen LogP contribution in [0.4, 0.5) is 0 Å². The maximum atomic E-state index is 12.4. The molecule has 124 valence electrons. The largest absolute Gasteiger partial charge is 0.415 e. The molecule has 1 heterocycles. The lowest BCUT2D eigenvalue weighted by Gasteiger charge is -2.36. The minimum absolute atomic E-state index is 0.00849. The van der Waals surface area contributed by atoms with Gasteiger partial charge in [0.25, 0.3) is 5.91 Å². The van der Waals surface area contributed by atoms with Gasteiger partial charge in [-0.2, -0.15) is 0 Å². The van der Waals surface area contributed by atoms with Crippen LogP contribution in [-0.2, 0) is 4.43 Å². The van der Waals surface area contributed by atoms with Crippen molar-refractivity contribution in [1.82, 2.24) is 9.88 Å². The standard InChI is InChI=1S/C16H27IN2O2Si/c1-12-10-13(11-18-14(12)17)15(20)19(5)8-9-21-22(6,7)16(2,3)4/h10-11H,8-9H2,1-7H3. The van der Waals surface area contributed by atoms with Crippen LogP contribution < -0.4 is 0 Å². The van der Waals surface area contributed by atoms with E-state index >= 15 is 0 Å². The van der Waals surface area contributed by atoms with E-state index in [0.29, 0.717) is 18.7 Å². The molecule has 1 amide bonds. The number of aryl methyl sites for hydroxylation is 1. The van der Waals surface area contributed by atoms with Crippen molar-refractivity contribution in [2.75, 3.05) is 20.2 Å². The quantitative estimate of drug-likeness (QED) is 0.398. The number of halogens is 1. The first-order chi connectivity index (χ1) is 9.95. The van der Waals surface area contributed by atoms with Crippen LogP contribution in [0.25, 0.3) is 0 Å². The molecule has 0 aliphatic heterocycles. The van der Waals surface area contributed by atoms with Gasteiger partial charge in [0, 0.05) is 19.8 Å². The van der Waals surface area contributed by atoms with Crippen molar-refractivity contribution in [1.29, 1.82) is 0 Å². The summed E-state index contributed by atoms with van der Waals surface area (Å²) in [6, 6.07) is 1.89. The second-order valence-corrected chi connectivity index (χ2v) is 13.0. The third kappa shape index (κ3) is 5.02. The number of carbonyl (C=O) groups is 1. The molecule has 0 atom stereocenters. The molecule has 1 rings (SSSR count). The van der Waals surface area contributed by atoms with Gasteiger partial charge in [-0.15, -0.1) is 0 Å². The van der Waals surface area contributed by atoms with Crippen LogP contribution in [0.5, 0.6) is 0 Å². The maximum absolute atomic E-state index is 12.4. The van der Waals surface area contributed by atoms with Crippen LogP contribution in [0.2, 0.25) is 18.1 Å². The van der Waals surface area contributed by atoms with E-state index in [-0.39, 0.29) is 10.9 Å². The maximum Gasteiger partial charge on any atom is 0.255 e. The van der Waals surface area contributed by atoms with E-state index in [2.05, 4.69) is 61.4 Å². The first-order valence-electron chi connectivity index (χ1n) is 7.47. The minimum Gasteiger partial charge on any atom is -0.415 e. The number of nitrogens with zero attached hydrogens (tertiary/aromatic N) is 2. The Morgan fingerprint density at radius 1 is 1.41 bits per heavy atom. The Morgan fingerprint density at radius 2 is 2.00 bits per heavy atom. The summed E-state index contributed by atoms with van der Waals surface area (Å²) in [6.45, 7) is 14.2. The van der Waals surface area contributed by atoms with Crippen LogP contribution in [0.3, 0.4) is 0 Å². The first-order valence-corrected chi connectivity index (χ1v) is 11.5. The lowest BCUT2D eigenvalue weighted by molar-refractivity contribution is 0.0769. The number of aromatic nitrogens is 1. The highest BCUT2D eigenvalue weighted by molar-refractivity contribution is 14.1. The van der Waals surface area contributed by atoms with Gasteiger partial charge in [-0.3, -0.25) is 4.79 Å². The summed E-state index contributed by atoms with van der Waals surface area (Å²) in [5.41, 5.74) is 1.66. The first kappa shape index (κ1) is 19.6. The molecule has 6 heteroatoms. The third-order valence-corrected chi connectivity index (χ3v) is 9.97. The summed E-state index contributed by atoms with van der Waals surface area (Å²) in [5, 5.41) is 0.187. The average Bonchev–Trinajstić information content (AvgIpc) is 2.39. The fourth-order valence-electron chi connectivity index (χ4n) is 1.65. The summed E-state index contributed by atoms with van der Waals surface area (Å²) in [4.78, 5) is 18.4. The molecule has 0 spiro atoms. The fourth-order valence-corrected chi connectivity index (χ4v) is 2.98. The fraction of sp³-hybridized carbons (Fsp3) is 0.625. The Labute approximate surface area is 148 Å². The van der Waals surface area contributed by atoms with Gasteiger partial charge in [0.1, 0.15) is 3.70 Å².